The highest BCUT2D eigenvalue weighted by atomic mass is 16.2. The van der Waals surface area contributed by atoms with Crippen molar-refractivity contribution in [1.82, 2.24) is 19.6 Å². The lowest BCUT2D eigenvalue weighted by Gasteiger charge is -2.36. The zero-order chi connectivity index (χ0) is 21.6. The SMILES string of the molecule is CC(C(=O)N1CCN(CCc2ccccc2)CC1)n1nc(-c2ccccc2)ccc1=O. The topological polar surface area (TPSA) is 58.4 Å². The highest BCUT2D eigenvalue weighted by Crippen LogP contribution is 2.16. The van der Waals surface area contributed by atoms with Crippen molar-refractivity contribution < 1.29 is 4.79 Å². The number of carbonyl (C=O) groups excluding carboxylic acids is 1. The van der Waals surface area contributed by atoms with Gasteiger partial charge in [-0.3, -0.25) is 14.5 Å². The zero-order valence-electron chi connectivity index (χ0n) is 17.9. The summed E-state index contributed by atoms with van der Waals surface area (Å²) in [5.41, 5.74) is 2.67. The minimum atomic E-state index is -0.632. The fourth-order valence-corrected chi connectivity index (χ4v) is 3.96. The minimum Gasteiger partial charge on any atom is -0.338 e. The number of nitrogens with zero attached hydrogens (tertiary/aromatic N) is 4. The fraction of sp³-hybridized carbons (Fsp3) is 0.320. The maximum absolute atomic E-state index is 13.1. The van der Waals surface area contributed by atoms with Crippen LogP contribution in [0.5, 0.6) is 0 Å². The average Bonchev–Trinajstić information content (AvgIpc) is 2.84. The predicted octanol–water partition coefficient (Wildman–Crippen LogP) is 2.86. The molecule has 0 spiro atoms. The van der Waals surface area contributed by atoms with E-state index in [4.69, 9.17) is 0 Å². The maximum atomic E-state index is 13.1. The molecule has 1 amide bonds. The van der Waals surface area contributed by atoms with E-state index in [0.29, 0.717) is 18.8 Å². The van der Waals surface area contributed by atoms with Gasteiger partial charge in [-0.2, -0.15) is 5.10 Å². The van der Waals surface area contributed by atoms with Crippen LogP contribution in [0.15, 0.2) is 77.6 Å². The van der Waals surface area contributed by atoms with Crippen molar-refractivity contribution in [1.29, 1.82) is 0 Å². The first kappa shape index (κ1) is 21.0. The van der Waals surface area contributed by atoms with Crippen molar-refractivity contribution in [3.05, 3.63) is 88.7 Å². The van der Waals surface area contributed by atoms with Crippen LogP contribution < -0.4 is 5.56 Å². The van der Waals surface area contributed by atoms with Crippen LogP contribution in [-0.4, -0.2) is 58.2 Å². The van der Waals surface area contributed by atoms with Crippen molar-refractivity contribution in [2.75, 3.05) is 32.7 Å². The summed E-state index contributed by atoms with van der Waals surface area (Å²) in [7, 11) is 0. The number of amides is 1. The Morgan fingerprint density at radius 1 is 0.903 bits per heavy atom. The van der Waals surface area contributed by atoms with Crippen molar-refractivity contribution in [3.63, 3.8) is 0 Å². The molecule has 1 atom stereocenters. The number of rotatable bonds is 6. The second kappa shape index (κ2) is 9.71. The number of benzene rings is 2. The van der Waals surface area contributed by atoms with E-state index >= 15 is 0 Å². The Bertz CT molecular complexity index is 1060. The first-order valence-electron chi connectivity index (χ1n) is 10.8. The lowest BCUT2D eigenvalue weighted by Crippen LogP contribution is -2.51. The molecule has 160 valence electrons. The Kier molecular flexibility index (Phi) is 6.57. The minimum absolute atomic E-state index is 0.0532. The summed E-state index contributed by atoms with van der Waals surface area (Å²) in [4.78, 5) is 29.8. The summed E-state index contributed by atoms with van der Waals surface area (Å²) in [6, 6.07) is 22.7. The Morgan fingerprint density at radius 3 is 2.23 bits per heavy atom. The van der Waals surface area contributed by atoms with Crippen molar-refractivity contribution >= 4 is 5.91 Å². The van der Waals surface area contributed by atoms with Gasteiger partial charge in [-0.15, -0.1) is 0 Å². The molecule has 0 N–H and O–H groups in total. The molecule has 1 aliphatic heterocycles. The molecule has 0 saturated carbocycles. The number of carbonyl (C=O) groups is 1. The Hall–Kier alpha value is -3.25. The van der Waals surface area contributed by atoms with Crippen LogP contribution >= 0.6 is 0 Å². The van der Waals surface area contributed by atoms with Gasteiger partial charge in [0.2, 0.25) is 5.91 Å². The number of hydrogen-bond acceptors (Lipinski definition) is 4. The molecule has 1 saturated heterocycles. The number of aromatic nitrogens is 2. The molecule has 6 heteroatoms. The Morgan fingerprint density at radius 2 is 1.55 bits per heavy atom. The van der Waals surface area contributed by atoms with Crippen LogP contribution in [0.4, 0.5) is 0 Å². The van der Waals surface area contributed by atoms with Gasteiger partial charge in [-0.25, -0.2) is 4.68 Å². The number of hydrogen-bond donors (Lipinski definition) is 0. The van der Waals surface area contributed by atoms with Crippen LogP contribution in [-0.2, 0) is 11.2 Å². The lowest BCUT2D eigenvalue weighted by molar-refractivity contribution is -0.136. The van der Waals surface area contributed by atoms with Crippen LogP contribution in [0, 0.1) is 0 Å². The predicted molar refractivity (Wildman–Crippen MR) is 122 cm³/mol. The van der Waals surface area contributed by atoms with Gasteiger partial charge in [-0.05, 0) is 25.0 Å². The quantitative estimate of drug-likeness (QED) is 0.620. The molecule has 0 aliphatic carbocycles. The number of piperazine rings is 1. The molecular formula is C25H28N4O2. The van der Waals surface area contributed by atoms with E-state index in [1.165, 1.54) is 16.3 Å². The van der Waals surface area contributed by atoms with Gasteiger partial charge >= 0.3 is 0 Å². The van der Waals surface area contributed by atoms with Gasteiger partial charge < -0.3 is 4.90 Å². The monoisotopic (exact) mass is 416 g/mol. The van der Waals surface area contributed by atoms with Gasteiger partial charge in [0.05, 0.1) is 5.69 Å². The molecule has 3 aromatic rings. The van der Waals surface area contributed by atoms with Gasteiger partial charge in [-0.1, -0.05) is 60.7 Å². The normalized spacial score (nSPS) is 15.6. The van der Waals surface area contributed by atoms with E-state index < -0.39 is 6.04 Å². The highest BCUT2D eigenvalue weighted by molar-refractivity contribution is 5.80. The van der Waals surface area contributed by atoms with Crippen molar-refractivity contribution in [2.45, 2.75) is 19.4 Å². The van der Waals surface area contributed by atoms with Crippen LogP contribution in [0.1, 0.15) is 18.5 Å². The summed E-state index contributed by atoms with van der Waals surface area (Å²) >= 11 is 0. The molecule has 1 unspecified atom stereocenters. The van der Waals surface area contributed by atoms with Crippen molar-refractivity contribution in [2.24, 2.45) is 0 Å². The van der Waals surface area contributed by atoms with E-state index in [1.807, 2.05) is 41.3 Å². The molecule has 2 aromatic carbocycles. The molecule has 2 heterocycles. The summed E-state index contributed by atoms with van der Waals surface area (Å²) in [6.45, 7) is 5.78. The Labute approximate surface area is 182 Å². The fourth-order valence-electron chi connectivity index (χ4n) is 3.96. The molecule has 0 bridgehead atoms. The molecule has 0 radical (unpaired) electrons. The molecular weight excluding hydrogens is 388 g/mol. The average molecular weight is 417 g/mol. The van der Waals surface area contributed by atoms with E-state index in [0.717, 1.165) is 31.6 Å². The van der Waals surface area contributed by atoms with Gasteiger partial charge in [0.1, 0.15) is 6.04 Å². The standard InChI is InChI=1S/C25H28N4O2/c1-20(29-24(30)13-12-23(26-29)22-10-6-3-7-11-22)25(31)28-18-16-27(17-19-28)15-14-21-8-4-2-5-9-21/h2-13,20H,14-19H2,1H3. The first-order chi connectivity index (χ1) is 15.1. The summed E-state index contributed by atoms with van der Waals surface area (Å²) in [6.07, 6.45) is 1.01. The maximum Gasteiger partial charge on any atom is 0.267 e. The van der Waals surface area contributed by atoms with Gasteiger partial charge in [0.15, 0.2) is 0 Å². The van der Waals surface area contributed by atoms with Gasteiger partial charge in [0, 0.05) is 44.4 Å². The third-order valence-corrected chi connectivity index (χ3v) is 5.86. The zero-order valence-corrected chi connectivity index (χ0v) is 17.9. The Balaban J connectivity index is 1.37. The van der Waals surface area contributed by atoms with E-state index in [1.54, 1.807) is 13.0 Å². The van der Waals surface area contributed by atoms with E-state index in [9.17, 15) is 9.59 Å². The van der Waals surface area contributed by atoms with Gasteiger partial charge in [0.25, 0.3) is 5.56 Å². The molecule has 1 fully saturated rings. The molecule has 31 heavy (non-hydrogen) atoms. The third kappa shape index (κ3) is 5.09. The largest absolute Gasteiger partial charge is 0.338 e. The van der Waals surface area contributed by atoms with Crippen LogP contribution in [0.3, 0.4) is 0 Å². The molecule has 1 aromatic heterocycles. The first-order valence-corrected chi connectivity index (χ1v) is 10.8. The van der Waals surface area contributed by atoms with E-state index in [2.05, 4.69) is 34.3 Å². The molecule has 1 aliphatic rings. The summed E-state index contributed by atoms with van der Waals surface area (Å²) in [5.74, 6) is -0.0532. The van der Waals surface area contributed by atoms with Crippen LogP contribution in [0.2, 0.25) is 0 Å². The van der Waals surface area contributed by atoms with Crippen LogP contribution in [0.25, 0.3) is 11.3 Å². The molecule has 4 rings (SSSR count). The van der Waals surface area contributed by atoms with E-state index in [-0.39, 0.29) is 11.5 Å². The smallest absolute Gasteiger partial charge is 0.267 e. The third-order valence-electron chi connectivity index (χ3n) is 5.86. The summed E-state index contributed by atoms with van der Waals surface area (Å²) < 4.78 is 1.31. The van der Waals surface area contributed by atoms with Crippen molar-refractivity contribution in [3.8, 4) is 11.3 Å². The highest BCUT2D eigenvalue weighted by Gasteiger charge is 2.27. The second-order valence-electron chi connectivity index (χ2n) is 7.95. The lowest BCUT2D eigenvalue weighted by atomic mass is 10.1. The summed E-state index contributed by atoms with van der Waals surface area (Å²) in [5, 5.41) is 4.48. The second-order valence-corrected chi connectivity index (χ2v) is 7.95. The molecule has 6 nitrogen and oxygen atoms in total.